The average Bonchev–Trinajstić information content (AvgIpc) is 2.91. The predicted octanol–water partition coefficient (Wildman–Crippen LogP) is 1.21. The number of aromatic hydroxyl groups is 1. The lowest BCUT2D eigenvalue weighted by Gasteiger charge is -2.54. The quantitative estimate of drug-likeness (QED) is 0.131. The van der Waals surface area contributed by atoms with Gasteiger partial charge in [-0.05, 0) is 50.6 Å². The van der Waals surface area contributed by atoms with Crippen LogP contribution in [0.5, 0.6) is 5.75 Å². The van der Waals surface area contributed by atoms with E-state index in [-0.39, 0.29) is 17.0 Å². The topological polar surface area (TPSA) is 214 Å². The first kappa shape index (κ1) is 28.6. The van der Waals surface area contributed by atoms with Gasteiger partial charge >= 0.3 is 5.97 Å². The number of hydrogen-bond acceptors (Lipinski definition) is 11. The summed E-state index contributed by atoms with van der Waals surface area (Å²) < 4.78 is 6.13. The SMILES string of the molecule is C[C@H]1c2c(N)ccc(O)c2C(O)=C2C(=O)[C@]3(O)C(O)=C(C(N)=O)C(=O)C(N(C)C)[C@@H]3[C@@H](OC(=O)C3CCCCC3)[C@@H]21. The maximum atomic E-state index is 14.3. The van der Waals surface area contributed by atoms with Crippen molar-refractivity contribution in [3.05, 3.63) is 40.2 Å². The minimum absolute atomic E-state index is 0.133. The molecule has 0 bridgehead atoms. The number of likely N-dealkylation sites (N-methyl/N-ethyl adjacent to an activating group) is 1. The maximum absolute atomic E-state index is 14.3. The third kappa shape index (κ3) is 3.95. The molecular formula is C29H35N3O9. The molecular weight excluding hydrogens is 534 g/mol. The Morgan fingerprint density at radius 3 is 2.29 bits per heavy atom. The minimum Gasteiger partial charge on any atom is -0.508 e. The van der Waals surface area contributed by atoms with E-state index in [0.717, 1.165) is 19.3 Å². The van der Waals surface area contributed by atoms with Crippen molar-refractivity contribution in [2.24, 2.45) is 23.5 Å². The van der Waals surface area contributed by atoms with E-state index in [1.54, 1.807) is 6.92 Å². The molecule has 1 aromatic rings. The van der Waals surface area contributed by atoms with Crippen LogP contribution in [0.4, 0.5) is 5.69 Å². The van der Waals surface area contributed by atoms with Crippen LogP contribution in [0.15, 0.2) is 29.0 Å². The normalized spacial score (nSPS) is 32.0. The van der Waals surface area contributed by atoms with Crippen molar-refractivity contribution in [3.8, 4) is 5.75 Å². The Labute approximate surface area is 236 Å². The summed E-state index contributed by atoms with van der Waals surface area (Å²) in [6, 6.07) is 1.26. The number of anilines is 1. The third-order valence-corrected chi connectivity index (χ3v) is 9.30. The van der Waals surface area contributed by atoms with E-state index in [1.807, 2.05) is 0 Å². The number of benzene rings is 1. The Balaban J connectivity index is 1.81. The fraction of sp³-hybridized carbons (Fsp3) is 0.517. The number of amides is 1. The van der Waals surface area contributed by atoms with Gasteiger partial charge in [-0.2, -0.15) is 0 Å². The number of ether oxygens (including phenoxy) is 1. The van der Waals surface area contributed by atoms with Crippen molar-refractivity contribution in [3.63, 3.8) is 0 Å². The van der Waals surface area contributed by atoms with Gasteiger partial charge in [0.1, 0.15) is 28.9 Å². The highest BCUT2D eigenvalue weighted by molar-refractivity contribution is 6.24. The van der Waals surface area contributed by atoms with Crippen LogP contribution in [0.2, 0.25) is 0 Å². The van der Waals surface area contributed by atoms with Crippen molar-refractivity contribution in [2.75, 3.05) is 19.8 Å². The largest absolute Gasteiger partial charge is 0.508 e. The number of hydrogen-bond donors (Lipinski definition) is 6. The van der Waals surface area contributed by atoms with Gasteiger partial charge in [0.05, 0.1) is 23.4 Å². The van der Waals surface area contributed by atoms with E-state index in [1.165, 1.54) is 31.1 Å². The molecule has 4 aliphatic carbocycles. The second kappa shape index (κ2) is 9.88. The summed E-state index contributed by atoms with van der Waals surface area (Å²) in [5.74, 6) is -10.4. The molecule has 1 amide bonds. The summed E-state index contributed by atoms with van der Waals surface area (Å²) in [5, 5.41) is 45.5. The molecule has 1 unspecified atom stereocenters. The summed E-state index contributed by atoms with van der Waals surface area (Å²) in [6.07, 6.45) is 2.30. The van der Waals surface area contributed by atoms with Crippen LogP contribution in [0.3, 0.4) is 0 Å². The molecule has 2 saturated carbocycles. The fourth-order valence-electron chi connectivity index (χ4n) is 7.41. The van der Waals surface area contributed by atoms with E-state index < -0.39 is 87.5 Å². The smallest absolute Gasteiger partial charge is 0.309 e. The van der Waals surface area contributed by atoms with Gasteiger partial charge in [0.15, 0.2) is 11.4 Å². The van der Waals surface area contributed by atoms with E-state index in [0.29, 0.717) is 18.4 Å². The maximum Gasteiger partial charge on any atom is 0.309 e. The van der Waals surface area contributed by atoms with Crippen LogP contribution in [-0.2, 0) is 23.9 Å². The van der Waals surface area contributed by atoms with Crippen LogP contribution < -0.4 is 11.5 Å². The molecule has 6 atom stereocenters. The van der Waals surface area contributed by atoms with Crippen molar-refractivity contribution >= 4 is 34.9 Å². The van der Waals surface area contributed by atoms with Crippen LogP contribution >= 0.6 is 0 Å². The average molecular weight is 570 g/mol. The van der Waals surface area contributed by atoms with Crippen molar-refractivity contribution in [1.29, 1.82) is 0 Å². The molecule has 41 heavy (non-hydrogen) atoms. The zero-order valence-corrected chi connectivity index (χ0v) is 23.1. The molecule has 0 spiro atoms. The van der Waals surface area contributed by atoms with Gasteiger partial charge in [-0.15, -0.1) is 0 Å². The number of carbonyl (C=O) groups is 4. The van der Waals surface area contributed by atoms with Gasteiger partial charge < -0.3 is 36.6 Å². The number of rotatable bonds is 4. The number of aliphatic hydroxyl groups is 3. The van der Waals surface area contributed by atoms with Gasteiger partial charge in [-0.3, -0.25) is 24.1 Å². The van der Waals surface area contributed by atoms with Crippen LogP contribution in [0.25, 0.3) is 5.76 Å². The first-order valence-electron chi connectivity index (χ1n) is 13.7. The number of esters is 1. The zero-order chi connectivity index (χ0) is 30.1. The van der Waals surface area contributed by atoms with Gasteiger partial charge in [0, 0.05) is 17.2 Å². The number of phenolic OH excluding ortho intramolecular Hbond substituents is 1. The van der Waals surface area contributed by atoms with E-state index in [4.69, 9.17) is 16.2 Å². The van der Waals surface area contributed by atoms with Crippen LogP contribution in [0.1, 0.15) is 56.1 Å². The van der Waals surface area contributed by atoms with Gasteiger partial charge in [0.25, 0.3) is 5.91 Å². The third-order valence-electron chi connectivity index (χ3n) is 9.30. The Bertz CT molecular complexity index is 1420. The standard InChI is InChI=1S/C29H35N3O9/c1-11-15-13(30)9-10-14(33)17(15)22(34)18-16(11)24(41-28(39)12-7-5-4-6-8-12)20-21(32(2)3)23(35)19(27(31)38)26(37)29(20,40)25(18)36/h9-12,16,20-21,24,33-34,37,40H,4-8,30H2,1-3H3,(H2,31,38)/t11-,16+,20+,21?,24-,29-/m0/s1. The van der Waals surface area contributed by atoms with Gasteiger partial charge in [-0.1, -0.05) is 26.2 Å². The fourth-order valence-corrected chi connectivity index (χ4v) is 7.41. The van der Waals surface area contributed by atoms with E-state index >= 15 is 0 Å². The van der Waals surface area contributed by atoms with Gasteiger partial charge in [0.2, 0.25) is 5.78 Å². The molecule has 2 fully saturated rings. The summed E-state index contributed by atoms with van der Waals surface area (Å²) >= 11 is 0. The predicted molar refractivity (Wildman–Crippen MR) is 145 cm³/mol. The number of nitrogens with two attached hydrogens (primary N) is 2. The molecule has 4 aliphatic rings. The van der Waals surface area contributed by atoms with Crippen LogP contribution in [0, 0.1) is 17.8 Å². The zero-order valence-electron chi connectivity index (χ0n) is 23.1. The Morgan fingerprint density at radius 2 is 1.71 bits per heavy atom. The molecule has 220 valence electrons. The van der Waals surface area contributed by atoms with Crippen molar-refractivity contribution in [1.82, 2.24) is 4.90 Å². The second-order valence-corrected chi connectivity index (χ2v) is 11.8. The number of Topliss-reactive ketones (excluding diaryl/α,β-unsaturated/α-hetero) is 2. The summed E-state index contributed by atoms with van der Waals surface area (Å²) in [7, 11) is 2.96. The summed E-state index contributed by atoms with van der Waals surface area (Å²) in [6.45, 7) is 1.67. The first-order chi connectivity index (χ1) is 19.2. The highest BCUT2D eigenvalue weighted by atomic mass is 16.5. The number of ketones is 2. The Hall–Kier alpha value is -3.90. The molecule has 12 nitrogen and oxygen atoms in total. The first-order valence-corrected chi connectivity index (χ1v) is 13.7. The molecule has 0 heterocycles. The lowest BCUT2D eigenvalue weighted by molar-refractivity contribution is -0.188. The summed E-state index contributed by atoms with van der Waals surface area (Å²) in [5.41, 5.74) is 7.69. The number of phenols is 1. The van der Waals surface area contributed by atoms with E-state index in [9.17, 15) is 39.6 Å². The molecule has 0 radical (unpaired) electrons. The van der Waals surface area contributed by atoms with E-state index in [2.05, 4.69) is 0 Å². The number of primary amides is 1. The molecule has 5 rings (SSSR count). The second-order valence-electron chi connectivity index (χ2n) is 11.8. The molecule has 1 aromatic carbocycles. The Morgan fingerprint density at radius 1 is 1.07 bits per heavy atom. The van der Waals surface area contributed by atoms with Crippen molar-refractivity contribution < 1.29 is 44.3 Å². The molecule has 0 aromatic heterocycles. The number of nitrogens with zero attached hydrogens (tertiary/aromatic N) is 1. The summed E-state index contributed by atoms with van der Waals surface area (Å²) in [4.78, 5) is 55.2. The molecule has 0 aliphatic heterocycles. The number of aliphatic hydroxyl groups excluding tert-OH is 2. The molecule has 0 saturated heterocycles. The minimum atomic E-state index is -2.97. The highest BCUT2D eigenvalue weighted by Crippen LogP contribution is 2.58. The highest BCUT2D eigenvalue weighted by Gasteiger charge is 2.69. The lowest BCUT2D eigenvalue weighted by Crippen LogP contribution is -2.71. The lowest BCUT2D eigenvalue weighted by atomic mass is 9.54. The molecule has 12 heteroatoms. The monoisotopic (exact) mass is 569 g/mol. The number of fused-ring (bicyclic) bond motifs is 3. The number of nitrogen functional groups attached to an aromatic ring is 1. The molecule has 8 N–H and O–H groups in total. The van der Waals surface area contributed by atoms with Crippen LogP contribution in [-0.4, -0.2) is 80.6 Å². The van der Waals surface area contributed by atoms with Gasteiger partial charge in [-0.25, -0.2) is 0 Å². The van der Waals surface area contributed by atoms with Crippen molar-refractivity contribution in [2.45, 2.75) is 62.7 Å². The number of carbonyl (C=O) groups excluding carboxylic acids is 4. The Kier molecular flexibility index (Phi) is 6.90.